The first kappa shape index (κ1) is 16.8. The number of rotatable bonds is 5. The molecule has 0 aliphatic rings. The van der Waals surface area contributed by atoms with Crippen molar-refractivity contribution >= 4 is 5.78 Å². The van der Waals surface area contributed by atoms with Gasteiger partial charge in [0.1, 0.15) is 5.92 Å². The van der Waals surface area contributed by atoms with Crippen molar-refractivity contribution in [1.29, 1.82) is 5.26 Å². The van der Waals surface area contributed by atoms with Crippen molar-refractivity contribution in [2.75, 3.05) is 0 Å². The first-order valence-electron chi connectivity index (χ1n) is 7.07. The lowest BCUT2D eigenvalue weighted by molar-refractivity contribution is -0.137. The zero-order valence-electron chi connectivity index (χ0n) is 12.2. The van der Waals surface area contributed by atoms with Crippen LogP contribution in [0.25, 0.3) is 0 Å². The molecule has 23 heavy (non-hydrogen) atoms. The van der Waals surface area contributed by atoms with E-state index in [0.29, 0.717) is 6.42 Å². The van der Waals surface area contributed by atoms with Gasteiger partial charge in [-0.2, -0.15) is 18.4 Å². The standard InChI is InChI=1S/C18H14F3NO/c19-18(20,21)16-9-5-4-8-15(16)17(23)14(12-22)11-10-13-6-2-1-3-7-13/h1-9,14H,10-11H2. The number of carbonyl (C=O) groups excluding carboxylic acids is 1. The van der Waals surface area contributed by atoms with E-state index in [-0.39, 0.29) is 6.42 Å². The van der Waals surface area contributed by atoms with Crippen LogP contribution in [0.4, 0.5) is 13.2 Å². The molecule has 2 rings (SSSR count). The molecular formula is C18H14F3NO. The smallest absolute Gasteiger partial charge is 0.293 e. The SMILES string of the molecule is N#CC(CCc1ccccc1)C(=O)c1ccccc1C(F)(F)F. The maximum absolute atomic E-state index is 13.0. The van der Waals surface area contributed by atoms with Crippen LogP contribution in [-0.2, 0) is 12.6 Å². The molecule has 2 aromatic rings. The van der Waals surface area contributed by atoms with Crippen LogP contribution in [-0.4, -0.2) is 5.78 Å². The Labute approximate surface area is 132 Å². The van der Waals surface area contributed by atoms with Crippen molar-refractivity contribution in [3.63, 3.8) is 0 Å². The van der Waals surface area contributed by atoms with E-state index < -0.39 is 29.0 Å². The highest BCUT2D eigenvalue weighted by atomic mass is 19.4. The number of hydrogen-bond acceptors (Lipinski definition) is 2. The van der Waals surface area contributed by atoms with Crippen molar-refractivity contribution in [2.24, 2.45) is 5.92 Å². The van der Waals surface area contributed by atoms with Gasteiger partial charge in [0.15, 0.2) is 5.78 Å². The Bertz CT molecular complexity index is 717. The van der Waals surface area contributed by atoms with Gasteiger partial charge < -0.3 is 0 Å². The Morgan fingerprint density at radius 1 is 1.04 bits per heavy atom. The topological polar surface area (TPSA) is 40.9 Å². The highest BCUT2D eigenvalue weighted by Gasteiger charge is 2.36. The van der Waals surface area contributed by atoms with Crippen molar-refractivity contribution in [3.05, 3.63) is 71.3 Å². The Morgan fingerprint density at radius 2 is 1.65 bits per heavy atom. The minimum absolute atomic E-state index is 0.186. The molecule has 0 fully saturated rings. The van der Waals surface area contributed by atoms with Crippen LogP contribution in [0.3, 0.4) is 0 Å². The average molecular weight is 317 g/mol. The molecule has 1 unspecified atom stereocenters. The number of aryl methyl sites for hydroxylation is 1. The minimum atomic E-state index is -4.62. The molecule has 0 spiro atoms. The van der Waals surface area contributed by atoms with Crippen molar-refractivity contribution in [2.45, 2.75) is 19.0 Å². The van der Waals surface area contributed by atoms with Gasteiger partial charge in [-0.15, -0.1) is 0 Å². The monoisotopic (exact) mass is 317 g/mol. The van der Waals surface area contributed by atoms with Gasteiger partial charge in [0.2, 0.25) is 0 Å². The summed E-state index contributed by atoms with van der Waals surface area (Å²) in [5.74, 6) is -1.88. The predicted octanol–water partition coefficient (Wildman–Crippen LogP) is 4.66. The van der Waals surface area contributed by atoms with E-state index >= 15 is 0 Å². The first-order valence-corrected chi connectivity index (χ1v) is 7.07. The molecule has 2 nitrogen and oxygen atoms in total. The van der Waals surface area contributed by atoms with Gasteiger partial charge in [-0.1, -0.05) is 48.5 Å². The van der Waals surface area contributed by atoms with Crippen LogP contribution in [0.5, 0.6) is 0 Å². The fraction of sp³-hybridized carbons (Fsp3) is 0.222. The molecule has 118 valence electrons. The Kier molecular flexibility index (Phi) is 5.17. The third-order valence-electron chi connectivity index (χ3n) is 3.53. The summed E-state index contributed by atoms with van der Waals surface area (Å²) in [6.07, 6.45) is -3.98. The van der Waals surface area contributed by atoms with Crippen LogP contribution in [0, 0.1) is 17.2 Å². The molecule has 0 aliphatic carbocycles. The Morgan fingerprint density at radius 3 is 2.26 bits per heavy atom. The largest absolute Gasteiger partial charge is 0.417 e. The molecule has 0 bridgehead atoms. The van der Waals surface area contributed by atoms with Crippen LogP contribution >= 0.6 is 0 Å². The lowest BCUT2D eigenvalue weighted by Crippen LogP contribution is -2.19. The molecular weight excluding hydrogens is 303 g/mol. The number of benzene rings is 2. The van der Waals surface area contributed by atoms with Crippen LogP contribution in [0.1, 0.15) is 27.9 Å². The number of ketones is 1. The summed E-state index contributed by atoms with van der Waals surface area (Å²) >= 11 is 0. The van der Waals surface area contributed by atoms with E-state index in [2.05, 4.69) is 0 Å². The Hall–Kier alpha value is -2.61. The van der Waals surface area contributed by atoms with Crippen molar-refractivity contribution in [1.82, 2.24) is 0 Å². The molecule has 0 aliphatic heterocycles. The summed E-state index contributed by atoms with van der Waals surface area (Å²) in [4.78, 5) is 12.3. The summed E-state index contributed by atoms with van der Waals surface area (Å²) < 4.78 is 39.0. The molecule has 2 aromatic carbocycles. The molecule has 0 N–H and O–H groups in total. The Balaban J connectivity index is 2.20. The zero-order valence-corrected chi connectivity index (χ0v) is 12.2. The average Bonchev–Trinajstić information content (AvgIpc) is 2.55. The van der Waals surface area contributed by atoms with Gasteiger partial charge in [0, 0.05) is 5.56 Å². The number of nitrogens with zero attached hydrogens (tertiary/aromatic N) is 1. The molecule has 1 atom stereocenters. The van der Waals surface area contributed by atoms with E-state index in [1.165, 1.54) is 12.1 Å². The quantitative estimate of drug-likeness (QED) is 0.753. The molecule has 0 heterocycles. The van der Waals surface area contributed by atoms with Gasteiger partial charge >= 0.3 is 6.18 Å². The number of nitriles is 1. The maximum Gasteiger partial charge on any atom is 0.417 e. The second-order valence-electron chi connectivity index (χ2n) is 5.11. The number of hydrogen-bond donors (Lipinski definition) is 0. The highest BCUT2D eigenvalue weighted by Crippen LogP contribution is 2.33. The number of Topliss-reactive ketones (excluding diaryl/α,β-unsaturated/α-hetero) is 1. The highest BCUT2D eigenvalue weighted by molar-refractivity contribution is 6.00. The van der Waals surface area contributed by atoms with Crippen molar-refractivity contribution < 1.29 is 18.0 Å². The summed E-state index contributed by atoms with van der Waals surface area (Å²) in [6.45, 7) is 0. The summed E-state index contributed by atoms with van der Waals surface area (Å²) in [7, 11) is 0. The van der Waals surface area contributed by atoms with Gasteiger partial charge in [0.25, 0.3) is 0 Å². The lowest BCUT2D eigenvalue weighted by Gasteiger charge is -2.14. The van der Waals surface area contributed by atoms with E-state index in [4.69, 9.17) is 0 Å². The number of halogens is 3. The third-order valence-corrected chi connectivity index (χ3v) is 3.53. The molecule has 0 saturated carbocycles. The lowest BCUT2D eigenvalue weighted by atomic mass is 9.90. The number of carbonyl (C=O) groups is 1. The van der Waals surface area contributed by atoms with E-state index in [9.17, 15) is 23.2 Å². The van der Waals surface area contributed by atoms with Crippen molar-refractivity contribution in [3.8, 4) is 6.07 Å². The van der Waals surface area contributed by atoms with E-state index in [1.807, 2.05) is 36.4 Å². The van der Waals surface area contributed by atoms with E-state index in [0.717, 1.165) is 17.7 Å². The fourth-order valence-corrected chi connectivity index (χ4v) is 2.34. The van der Waals surface area contributed by atoms with E-state index in [1.54, 1.807) is 0 Å². The number of alkyl halides is 3. The second kappa shape index (κ2) is 7.10. The minimum Gasteiger partial charge on any atom is -0.293 e. The summed E-state index contributed by atoms with van der Waals surface area (Å²) in [6, 6.07) is 15.6. The molecule has 5 heteroatoms. The zero-order chi connectivity index (χ0) is 16.9. The van der Waals surface area contributed by atoms with Gasteiger partial charge in [-0.3, -0.25) is 4.79 Å². The van der Waals surface area contributed by atoms with Gasteiger partial charge in [0.05, 0.1) is 11.6 Å². The summed E-state index contributed by atoms with van der Waals surface area (Å²) in [5.41, 5.74) is -0.505. The molecule has 0 amide bonds. The summed E-state index contributed by atoms with van der Waals surface area (Å²) in [5, 5.41) is 9.18. The normalized spacial score (nSPS) is 12.4. The van der Waals surface area contributed by atoms with Crippen LogP contribution in [0.15, 0.2) is 54.6 Å². The predicted molar refractivity (Wildman–Crippen MR) is 79.6 cm³/mol. The van der Waals surface area contributed by atoms with Crippen LogP contribution < -0.4 is 0 Å². The van der Waals surface area contributed by atoms with Gasteiger partial charge in [-0.05, 0) is 24.5 Å². The fourth-order valence-electron chi connectivity index (χ4n) is 2.34. The second-order valence-corrected chi connectivity index (χ2v) is 5.11. The molecule has 0 radical (unpaired) electrons. The first-order chi connectivity index (χ1) is 10.9. The van der Waals surface area contributed by atoms with Gasteiger partial charge in [-0.25, -0.2) is 0 Å². The molecule has 0 saturated heterocycles. The maximum atomic E-state index is 13.0. The molecule has 0 aromatic heterocycles. The third kappa shape index (κ3) is 4.19. The van der Waals surface area contributed by atoms with Crippen LogP contribution in [0.2, 0.25) is 0 Å².